The quantitative estimate of drug-likeness (QED) is 0.314. The summed E-state index contributed by atoms with van der Waals surface area (Å²) in [5.41, 5.74) is 5.75. The lowest BCUT2D eigenvalue weighted by Gasteiger charge is -2.23. The molecule has 1 heterocycles. The fraction of sp³-hybridized carbons (Fsp3) is 0.250. The van der Waals surface area contributed by atoms with Gasteiger partial charge in [0.25, 0.3) is 5.91 Å². The molecule has 0 saturated carbocycles. The van der Waals surface area contributed by atoms with E-state index in [2.05, 4.69) is 10.5 Å². The van der Waals surface area contributed by atoms with Gasteiger partial charge in [-0.3, -0.25) is 9.10 Å². The molecule has 1 N–H and O–H groups in total. The summed E-state index contributed by atoms with van der Waals surface area (Å²) < 4.78 is 38.2. The zero-order valence-corrected chi connectivity index (χ0v) is 22.7. The standard InChI is InChI=1S/C24H26Cl2N4O5S/c1-15-11-17(16(2)30(15)21-8-6-7-19(25)24(21)26)13-27-28-23(31)14-29(36(5,32)33)20-10-9-18(34-3)12-22(20)35-4/h6-13H,14H2,1-5H3,(H,28,31)/b27-13-. The number of benzene rings is 2. The molecule has 0 unspecified atom stereocenters. The Morgan fingerprint density at radius 2 is 1.86 bits per heavy atom. The molecule has 3 rings (SSSR count). The van der Waals surface area contributed by atoms with Crippen LogP contribution in [0.25, 0.3) is 5.69 Å². The minimum absolute atomic E-state index is 0.196. The van der Waals surface area contributed by atoms with Gasteiger partial charge in [0.05, 0.1) is 48.1 Å². The highest BCUT2D eigenvalue weighted by atomic mass is 35.5. The summed E-state index contributed by atoms with van der Waals surface area (Å²) in [5, 5.41) is 4.88. The van der Waals surface area contributed by atoms with Crippen molar-refractivity contribution in [2.45, 2.75) is 13.8 Å². The number of halogens is 2. The second-order valence-corrected chi connectivity index (χ2v) is 10.5. The predicted molar refractivity (Wildman–Crippen MR) is 143 cm³/mol. The summed E-state index contributed by atoms with van der Waals surface area (Å²) in [5.74, 6) is 0.0826. The molecule has 3 aromatic rings. The fourth-order valence-corrected chi connectivity index (χ4v) is 4.91. The Hall–Kier alpha value is -3.21. The highest BCUT2D eigenvalue weighted by molar-refractivity contribution is 7.92. The SMILES string of the molecule is COc1ccc(N(CC(=O)N/N=C\c2cc(C)n(-c3cccc(Cl)c3Cl)c2C)S(C)(=O)=O)c(OC)c1. The van der Waals surface area contributed by atoms with E-state index in [1.807, 2.05) is 36.6 Å². The summed E-state index contributed by atoms with van der Waals surface area (Å²) in [6.07, 6.45) is 2.48. The van der Waals surface area contributed by atoms with Crippen LogP contribution in [0.1, 0.15) is 17.0 Å². The van der Waals surface area contributed by atoms with Crippen molar-refractivity contribution < 1.29 is 22.7 Å². The third kappa shape index (κ3) is 5.95. The second-order valence-electron chi connectivity index (χ2n) is 7.84. The summed E-state index contributed by atoms with van der Waals surface area (Å²) in [4.78, 5) is 12.6. The van der Waals surface area contributed by atoms with E-state index >= 15 is 0 Å². The molecular formula is C24H26Cl2N4O5S. The van der Waals surface area contributed by atoms with Crippen molar-refractivity contribution in [2.24, 2.45) is 5.10 Å². The lowest BCUT2D eigenvalue weighted by atomic mass is 10.2. The summed E-state index contributed by atoms with van der Waals surface area (Å²) in [7, 11) is -0.936. The Labute approximate surface area is 220 Å². The molecule has 0 spiro atoms. The van der Waals surface area contributed by atoms with Crippen LogP contribution in [0, 0.1) is 13.8 Å². The number of rotatable bonds is 9. The maximum Gasteiger partial charge on any atom is 0.260 e. The van der Waals surface area contributed by atoms with Crippen LogP contribution >= 0.6 is 23.2 Å². The van der Waals surface area contributed by atoms with Crippen LogP contribution in [-0.4, -0.2) is 52.1 Å². The van der Waals surface area contributed by atoms with Gasteiger partial charge in [0, 0.05) is 23.0 Å². The number of nitrogens with zero attached hydrogens (tertiary/aromatic N) is 3. The van der Waals surface area contributed by atoms with Crippen molar-refractivity contribution in [3.05, 3.63) is 69.5 Å². The summed E-state index contributed by atoms with van der Waals surface area (Å²) >= 11 is 12.6. The first-order valence-corrected chi connectivity index (χ1v) is 13.2. The summed E-state index contributed by atoms with van der Waals surface area (Å²) in [6.45, 7) is 3.29. The van der Waals surface area contributed by atoms with E-state index in [1.54, 1.807) is 12.1 Å². The molecule has 0 aliphatic heterocycles. The van der Waals surface area contributed by atoms with Crippen LogP contribution in [0.5, 0.6) is 11.5 Å². The van der Waals surface area contributed by atoms with Gasteiger partial charge in [0.15, 0.2) is 0 Å². The van der Waals surface area contributed by atoms with E-state index in [9.17, 15) is 13.2 Å². The highest BCUT2D eigenvalue weighted by Gasteiger charge is 2.24. The van der Waals surface area contributed by atoms with Gasteiger partial charge in [0.1, 0.15) is 18.0 Å². The molecule has 2 aromatic carbocycles. The van der Waals surface area contributed by atoms with Gasteiger partial charge >= 0.3 is 0 Å². The first-order chi connectivity index (χ1) is 17.0. The van der Waals surface area contributed by atoms with E-state index in [0.29, 0.717) is 15.8 Å². The van der Waals surface area contributed by atoms with Crippen LogP contribution in [0.3, 0.4) is 0 Å². The number of aryl methyl sites for hydroxylation is 1. The lowest BCUT2D eigenvalue weighted by molar-refractivity contribution is -0.119. The van der Waals surface area contributed by atoms with Crippen LogP contribution in [-0.2, 0) is 14.8 Å². The zero-order valence-electron chi connectivity index (χ0n) is 20.4. The van der Waals surface area contributed by atoms with Gasteiger partial charge < -0.3 is 14.0 Å². The van der Waals surface area contributed by atoms with Crippen molar-refractivity contribution >= 4 is 51.0 Å². The van der Waals surface area contributed by atoms with Gasteiger partial charge in [-0.15, -0.1) is 0 Å². The number of nitrogens with one attached hydrogen (secondary N) is 1. The molecule has 0 fully saturated rings. The Kier molecular flexibility index (Phi) is 8.55. The molecule has 9 nitrogen and oxygen atoms in total. The molecule has 0 bridgehead atoms. The fourth-order valence-electron chi connectivity index (χ4n) is 3.67. The van der Waals surface area contributed by atoms with Gasteiger partial charge in [-0.05, 0) is 44.2 Å². The number of hydrogen-bond acceptors (Lipinski definition) is 6. The number of hydrazone groups is 1. The Bertz CT molecular complexity index is 1420. The molecule has 0 saturated heterocycles. The highest BCUT2D eigenvalue weighted by Crippen LogP contribution is 2.34. The Balaban J connectivity index is 1.80. The van der Waals surface area contributed by atoms with Crippen LogP contribution in [0.15, 0.2) is 47.6 Å². The van der Waals surface area contributed by atoms with E-state index in [4.69, 9.17) is 32.7 Å². The zero-order chi connectivity index (χ0) is 26.6. The molecule has 0 aliphatic rings. The molecule has 1 aromatic heterocycles. The number of carbonyl (C=O) groups excluding carboxylic acids is 1. The van der Waals surface area contributed by atoms with Gasteiger partial charge in [-0.2, -0.15) is 5.10 Å². The smallest absolute Gasteiger partial charge is 0.260 e. The minimum Gasteiger partial charge on any atom is -0.497 e. The lowest BCUT2D eigenvalue weighted by Crippen LogP contribution is -2.39. The van der Waals surface area contributed by atoms with Gasteiger partial charge in [-0.25, -0.2) is 13.8 Å². The molecule has 0 aliphatic carbocycles. The Morgan fingerprint density at radius 1 is 1.14 bits per heavy atom. The molecule has 36 heavy (non-hydrogen) atoms. The van der Waals surface area contributed by atoms with Crippen molar-refractivity contribution in [3.8, 4) is 17.2 Å². The normalized spacial score (nSPS) is 11.5. The number of aromatic nitrogens is 1. The second kappa shape index (κ2) is 11.2. The molecule has 0 radical (unpaired) electrons. The maximum absolute atomic E-state index is 12.6. The monoisotopic (exact) mass is 552 g/mol. The third-order valence-corrected chi connectivity index (χ3v) is 7.31. The van der Waals surface area contributed by atoms with Crippen LogP contribution in [0.2, 0.25) is 10.0 Å². The first-order valence-electron chi connectivity index (χ1n) is 10.6. The largest absolute Gasteiger partial charge is 0.497 e. The molecule has 192 valence electrons. The van der Waals surface area contributed by atoms with Crippen molar-refractivity contribution in [2.75, 3.05) is 31.3 Å². The molecule has 0 atom stereocenters. The first kappa shape index (κ1) is 27.4. The predicted octanol–water partition coefficient (Wildman–Crippen LogP) is 4.33. The molecule has 1 amide bonds. The number of carbonyl (C=O) groups is 1. The Morgan fingerprint density at radius 3 is 2.50 bits per heavy atom. The number of anilines is 1. The van der Waals surface area contributed by atoms with E-state index in [-0.39, 0.29) is 11.4 Å². The molecule has 12 heteroatoms. The topological polar surface area (TPSA) is 102 Å². The van der Waals surface area contributed by atoms with Crippen molar-refractivity contribution in [3.63, 3.8) is 0 Å². The number of sulfonamides is 1. The number of amides is 1. The van der Waals surface area contributed by atoms with Crippen LogP contribution < -0.4 is 19.2 Å². The number of ether oxygens (including phenoxy) is 2. The van der Waals surface area contributed by atoms with E-state index in [0.717, 1.165) is 33.2 Å². The van der Waals surface area contributed by atoms with E-state index in [1.165, 1.54) is 32.6 Å². The number of methoxy groups -OCH3 is 2. The summed E-state index contributed by atoms with van der Waals surface area (Å²) in [6, 6.07) is 11.9. The molecular weight excluding hydrogens is 527 g/mol. The van der Waals surface area contributed by atoms with Crippen molar-refractivity contribution in [1.29, 1.82) is 0 Å². The van der Waals surface area contributed by atoms with Crippen molar-refractivity contribution in [1.82, 2.24) is 9.99 Å². The minimum atomic E-state index is -3.82. The van der Waals surface area contributed by atoms with Gasteiger partial charge in [-0.1, -0.05) is 29.3 Å². The third-order valence-electron chi connectivity index (χ3n) is 5.38. The average Bonchev–Trinajstić information content (AvgIpc) is 3.11. The van der Waals surface area contributed by atoms with Crippen LogP contribution in [0.4, 0.5) is 5.69 Å². The number of hydrogen-bond donors (Lipinski definition) is 1. The van der Waals surface area contributed by atoms with Gasteiger partial charge in [0.2, 0.25) is 10.0 Å². The maximum atomic E-state index is 12.6. The van der Waals surface area contributed by atoms with E-state index < -0.39 is 22.5 Å². The average molecular weight is 553 g/mol.